The van der Waals surface area contributed by atoms with Crippen LogP contribution >= 0.6 is 0 Å². The smallest absolute Gasteiger partial charge is 0.244 e. The molecule has 140 valence electrons. The number of aryl methyl sites for hydroxylation is 1. The Hall–Kier alpha value is -3.60. The molecule has 0 aliphatic rings. The van der Waals surface area contributed by atoms with Gasteiger partial charge in [0.1, 0.15) is 12.3 Å². The number of carbonyl (C=O) groups is 1. The molecular formula is C23H20N2O3. The van der Waals surface area contributed by atoms with Crippen LogP contribution in [0.2, 0.25) is 0 Å². The molecule has 5 heteroatoms. The molecule has 5 nitrogen and oxygen atoms in total. The Labute approximate surface area is 162 Å². The number of carbonyl (C=O) groups excluding carboxylic acids is 1. The monoisotopic (exact) mass is 372 g/mol. The third-order valence-electron chi connectivity index (χ3n) is 4.78. The summed E-state index contributed by atoms with van der Waals surface area (Å²) in [4.78, 5) is 25.7. The molecule has 1 N–H and O–H groups in total. The first-order valence-electron chi connectivity index (χ1n) is 9.02. The van der Waals surface area contributed by atoms with Gasteiger partial charge in [0.25, 0.3) is 0 Å². The van der Waals surface area contributed by atoms with E-state index in [1.54, 1.807) is 25.3 Å². The Bertz CT molecular complexity index is 1260. The van der Waals surface area contributed by atoms with E-state index in [9.17, 15) is 9.59 Å². The third-order valence-corrected chi connectivity index (χ3v) is 4.78. The standard InChI is InChI=1S/C23H20N2O3/c1-15-6-5-7-16(12-15)24-22(26)14-25-20-9-4-3-8-18(20)23(27)19-13-17(28-2)10-11-21(19)25/h3-13H,14H2,1-2H3,(H,24,26). The van der Waals surface area contributed by atoms with Gasteiger partial charge in [-0.05, 0) is 55.0 Å². The highest BCUT2D eigenvalue weighted by atomic mass is 16.5. The van der Waals surface area contributed by atoms with Crippen LogP contribution in [0.5, 0.6) is 5.75 Å². The zero-order valence-electron chi connectivity index (χ0n) is 15.7. The van der Waals surface area contributed by atoms with Crippen LogP contribution in [0.15, 0.2) is 71.5 Å². The van der Waals surface area contributed by atoms with Crippen LogP contribution in [-0.4, -0.2) is 17.6 Å². The van der Waals surface area contributed by atoms with Crippen LogP contribution in [0.1, 0.15) is 5.56 Å². The number of aromatic nitrogens is 1. The summed E-state index contributed by atoms with van der Waals surface area (Å²) in [7, 11) is 1.57. The van der Waals surface area contributed by atoms with Gasteiger partial charge in [-0.15, -0.1) is 0 Å². The minimum Gasteiger partial charge on any atom is -0.497 e. The average Bonchev–Trinajstić information content (AvgIpc) is 2.70. The van der Waals surface area contributed by atoms with Gasteiger partial charge in [0, 0.05) is 16.5 Å². The second-order valence-electron chi connectivity index (χ2n) is 6.73. The molecule has 0 bridgehead atoms. The van der Waals surface area contributed by atoms with Crippen molar-refractivity contribution < 1.29 is 9.53 Å². The molecule has 4 aromatic rings. The predicted octanol–water partition coefficient (Wildman–Crippen LogP) is 4.11. The Morgan fingerprint density at radius 2 is 1.75 bits per heavy atom. The normalized spacial score (nSPS) is 10.9. The highest BCUT2D eigenvalue weighted by Crippen LogP contribution is 2.23. The molecule has 0 saturated carbocycles. The van der Waals surface area contributed by atoms with Crippen molar-refractivity contribution in [2.24, 2.45) is 0 Å². The van der Waals surface area contributed by atoms with Gasteiger partial charge in [-0.3, -0.25) is 9.59 Å². The summed E-state index contributed by atoms with van der Waals surface area (Å²) >= 11 is 0. The number of ether oxygens (including phenoxy) is 1. The summed E-state index contributed by atoms with van der Waals surface area (Å²) in [5, 5.41) is 4.04. The molecule has 0 radical (unpaired) electrons. The lowest BCUT2D eigenvalue weighted by molar-refractivity contribution is -0.116. The maximum atomic E-state index is 13.0. The summed E-state index contributed by atoms with van der Waals surface area (Å²) in [6.07, 6.45) is 0. The number of hydrogen-bond acceptors (Lipinski definition) is 3. The van der Waals surface area contributed by atoms with Gasteiger partial charge in [0.05, 0.1) is 18.1 Å². The lowest BCUT2D eigenvalue weighted by atomic mass is 10.1. The van der Waals surface area contributed by atoms with Gasteiger partial charge in [-0.2, -0.15) is 0 Å². The van der Waals surface area contributed by atoms with Crippen molar-refractivity contribution in [3.8, 4) is 5.75 Å². The van der Waals surface area contributed by atoms with Crippen molar-refractivity contribution in [1.82, 2.24) is 4.57 Å². The van der Waals surface area contributed by atoms with Crippen molar-refractivity contribution >= 4 is 33.4 Å². The molecule has 0 aliphatic carbocycles. The van der Waals surface area contributed by atoms with E-state index in [4.69, 9.17) is 4.74 Å². The Balaban J connectivity index is 1.83. The van der Waals surface area contributed by atoms with Crippen LogP contribution in [0.25, 0.3) is 21.8 Å². The van der Waals surface area contributed by atoms with Gasteiger partial charge in [-0.25, -0.2) is 0 Å². The molecule has 1 amide bonds. The van der Waals surface area contributed by atoms with Crippen molar-refractivity contribution in [3.05, 3.63) is 82.5 Å². The third kappa shape index (κ3) is 3.22. The number of hydrogen-bond donors (Lipinski definition) is 1. The molecule has 4 rings (SSSR count). The topological polar surface area (TPSA) is 60.3 Å². The van der Waals surface area contributed by atoms with E-state index in [0.29, 0.717) is 22.0 Å². The van der Waals surface area contributed by atoms with E-state index in [0.717, 1.165) is 16.8 Å². The number of anilines is 1. The Morgan fingerprint density at radius 1 is 0.964 bits per heavy atom. The molecule has 0 fully saturated rings. The molecule has 0 aliphatic heterocycles. The zero-order chi connectivity index (χ0) is 19.7. The van der Waals surface area contributed by atoms with Crippen molar-refractivity contribution in [1.29, 1.82) is 0 Å². The summed E-state index contributed by atoms with van der Waals surface area (Å²) in [6.45, 7) is 2.07. The van der Waals surface area contributed by atoms with E-state index >= 15 is 0 Å². The van der Waals surface area contributed by atoms with Crippen LogP contribution in [0.4, 0.5) is 5.69 Å². The predicted molar refractivity (Wildman–Crippen MR) is 112 cm³/mol. The minimum atomic E-state index is -0.156. The van der Waals surface area contributed by atoms with Crippen LogP contribution < -0.4 is 15.5 Å². The maximum Gasteiger partial charge on any atom is 0.244 e. The molecule has 0 unspecified atom stereocenters. The van der Waals surface area contributed by atoms with Crippen LogP contribution in [0, 0.1) is 6.92 Å². The van der Waals surface area contributed by atoms with Crippen molar-refractivity contribution in [3.63, 3.8) is 0 Å². The van der Waals surface area contributed by atoms with E-state index in [1.807, 2.05) is 60.0 Å². The van der Waals surface area contributed by atoms with Gasteiger partial charge < -0.3 is 14.6 Å². The quantitative estimate of drug-likeness (QED) is 0.549. The van der Waals surface area contributed by atoms with Gasteiger partial charge in [0.15, 0.2) is 5.43 Å². The fourth-order valence-electron chi connectivity index (χ4n) is 3.47. The second-order valence-corrected chi connectivity index (χ2v) is 6.73. The number of rotatable bonds is 4. The number of fused-ring (bicyclic) bond motifs is 2. The van der Waals surface area contributed by atoms with E-state index in [1.165, 1.54) is 0 Å². The molecule has 0 saturated heterocycles. The highest BCUT2D eigenvalue weighted by molar-refractivity contribution is 5.97. The first-order valence-corrected chi connectivity index (χ1v) is 9.02. The first kappa shape index (κ1) is 17.8. The largest absolute Gasteiger partial charge is 0.497 e. The van der Waals surface area contributed by atoms with Crippen molar-refractivity contribution in [2.45, 2.75) is 13.5 Å². The second kappa shape index (κ2) is 7.19. The highest BCUT2D eigenvalue weighted by Gasteiger charge is 2.14. The van der Waals surface area contributed by atoms with Crippen molar-refractivity contribution in [2.75, 3.05) is 12.4 Å². The van der Waals surface area contributed by atoms with E-state index < -0.39 is 0 Å². The fraction of sp³-hybridized carbons (Fsp3) is 0.130. The van der Waals surface area contributed by atoms with Crippen LogP contribution in [0.3, 0.4) is 0 Å². The Kier molecular flexibility index (Phi) is 4.57. The first-order chi connectivity index (χ1) is 13.6. The maximum absolute atomic E-state index is 13.0. The SMILES string of the molecule is COc1ccc2c(c1)c(=O)c1ccccc1n2CC(=O)Nc1cccc(C)c1. The molecular weight excluding hydrogens is 352 g/mol. The minimum absolute atomic E-state index is 0.0696. The summed E-state index contributed by atoms with van der Waals surface area (Å²) < 4.78 is 7.14. The molecule has 3 aromatic carbocycles. The number of nitrogens with zero attached hydrogens (tertiary/aromatic N) is 1. The van der Waals surface area contributed by atoms with Gasteiger partial charge in [-0.1, -0.05) is 24.3 Å². The number of methoxy groups -OCH3 is 1. The Morgan fingerprint density at radius 3 is 2.54 bits per heavy atom. The lowest BCUT2D eigenvalue weighted by Gasteiger charge is -2.16. The fourth-order valence-corrected chi connectivity index (χ4v) is 3.47. The molecule has 0 spiro atoms. The summed E-state index contributed by atoms with van der Waals surface area (Å²) in [5.74, 6) is 0.451. The van der Waals surface area contributed by atoms with E-state index in [2.05, 4.69) is 5.32 Å². The summed E-state index contributed by atoms with van der Waals surface area (Å²) in [5.41, 5.74) is 3.18. The van der Waals surface area contributed by atoms with Gasteiger partial charge in [0.2, 0.25) is 5.91 Å². The molecule has 28 heavy (non-hydrogen) atoms. The number of para-hydroxylation sites is 1. The van der Waals surface area contributed by atoms with E-state index in [-0.39, 0.29) is 17.9 Å². The molecule has 1 aromatic heterocycles. The molecule has 0 atom stereocenters. The average molecular weight is 372 g/mol. The number of amides is 1. The lowest BCUT2D eigenvalue weighted by Crippen LogP contribution is -2.21. The number of nitrogens with one attached hydrogen (secondary N) is 1. The summed E-state index contributed by atoms with van der Waals surface area (Å²) in [6, 6.07) is 20.3. The van der Waals surface area contributed by atoms with Gasteiger partial charge >= 0.3 is 0 Å². The van der Waals surface area contributed by atoms with Crippen LogP contribution in [-0.2, 0) is 11.3 Å². The number of pyridine rings is 1. The molecule has 1 heterocycles. The zero-order valence-corrected chi connectivity index (χ0v) is 15.7. The number of benzene rings is 3.